The smallest absolute Gasteiger partial charge is 0.362 e. The van der Waals surface area contributed by atoms with Crippen molar-refractivity contribution in [1.82, 2.24) is 0 Å². The number of carbonyl (C=O) groups excluding carboxylic acids is 2. The van der Waals surface area contributed by atoms with Crippen LogP contribution < -0.4 is 0 Å². The number of nitrogens with zero attached hydrogens (tertiary/aromatic N) is 1. The van der Waals surface area contributed by atoms with E-state index in [2.05, 4.69) is 62.5 Å². The molecule has 0 aliphatic heterocycles. The van der Waals surface area contributed by atoms with Crippen molar-refractivity contribution in [2.24, 2.45) is 0 Å². The molecule has 0 bridgehead atoms. The summed E-state index contributed by atoms with van der Waals surface area (Å²) in [5.74, 6) is -1.57. The van der Waals surface area contributed by atoms with Gasteiger partial charge >= 0.3 is 17.9 Å². The van der Waals surface area contributed by atoms with Crippen LogP contribution in [0.25, 0.3) is 0 Å². The summed E-state index contributed by atoms with van der Waals surface area (Å²) in [4.78, 5) is 36.5. The number of esters is 2. The van der Waals surface area contributed by atoms with Gasteiger partial charge < -0.3 is 23.8 Å². The van der Waals surface area contributed by atoms with Crippen LogP contribution in [0.15, 0.2) is 48.6 Å². The molecule has 258 valence electrons. The zero-order valence-electron chi connectivity index (χ0n) is 29.1. The van der Waals surface area contributed by atoms with E-state index >= 15 is 0 Å². The maximum atomic E-state index is 12.6. The van der Waals surface area contributed by atoms with Gasteiger partial charge in [0, 0.05) is 19.3 Å². The number of quaternary nitrogens is 1. The SMILES string of the molecule is CC/C=C/C/C=C/C/C=C/CCCC(=O)OCC(COCCC(C(=O)O)[N+](C)(C)C)OC(=O)CCCCCC/C=C/CCCC. The molecular weight excluding hydrogens is 570 g/mol. The maximum Gasteiger partial charge on any atom is 0.362 e. The van der Waals surface area contributed by atoms with E-state index in [-0.39, 0.29) is 42.7 Å². The van der Waals surface area contributed by atoms with Crippen LogP contribution in [0.5, 0.6) is 0 Å². The number of hydrogen-bond donors (Lipinski definition) is 1. The first-order valence-corrected chi connectivity index (χ1v) is 17.2. The number of unbranched alkanes of at least 4 members (excludes halogenated alkanes) is 7. The molecule has 0 fully saturated rings. The lowest BCUT2D eigenvalue weighted by atomic mass is 10.1. The van der Waals surface area contributed by atoms with Gasteiger partial charge in [-0.2, -0.15) is 0 Å². The second-order valence-corrected chi connectivity index (χ2v) is 12.4. The van der Waals surface area contributed by atoms with E-state index < -0.39 is 18.1 Å². The second kappa shape index (κ2) is 28.7. The fourth-order valence-electron chi connectivity index (χ4n) is 4.50. The Morgan fingerprint density at radius 1 is 0.689 bits per heavy atom. The molecule has 0 radical (unpaired) electrons. The maximum absolute atomic E-state index is 12.6. The van der Waals surface area contributed by atoms with Crippen molar-refractivity contribution in [2.75, 3.05) is 41.0 Å². The van der Waals surface area contributed by atoms with Crippen LogP contribution in [0.2, 0.25) is 0 Å². The van der Waals surface area contributed by atoms with Crippen LogP contribution >= 0.6 is 0 Å². The number of carboxylic acids is 1. The first kappa shape index (κ1) is 42.3. The Morgan fingerprint density at radius 2 is 1.27 bits per heavy atom. The van der Waals surface area contributed by atoms with Crippen LogP contribution in [0.1, 0.15) is 117 Å². The predicted molar refractivity (Wildman–Crippen MR) is 183 cm³/mol. The van der Waals surface area contributed by atoms with Crippen molar-refractivity contribution in [1.29, 1.82) is 0 Å². The molecule has 0 saturated carbocycles. The average Bonchev–Trinajstić information content (AvgIpc) is 2.98. The van der Waals surface area contributed by atoms with Crippen molar-refractivity contribution >= 4 is 17.9 Å². The highest BCUT2D eigenvalue weighted by Crippen LogP contribution is 2.11. The van der Waals surface area contributed by atoms with E-state index in [9.17, 15) is 19.5 Å². The van der Waals surface area contributed by atoms with Crippen LogP contribution in [-0.4, -0.2) is 80.6 Å². The van der Waals surface area contributed by atoms with E-state index in [1.165, 1.54) is 12.8 Å². The molecule has 0 aliphatic carbocycles. The number of carbonyl (C=O) groups is 3. The molecule has 0 aliphatic rings. The van der Waals surface area contributed by atoms with E-state index in [4.69, 9.17) is 14.2 Å². The molecule has 0 aromatic heterocycles. The van der Waals surface area contributed by atoms with Gasteiger partial charge in [0.2, 0.25) is 0 Å². The zero-order chi connectivity index (χ0) is 33.6. The summed E-state index contributed by atoms with van der Waals surface area (Å²) in [6.45, 7) is 4.46. The summed E-state index contributed by atoms with van der Waals surface area (Å²) in [7, 11) is 5.48. The predicted octanol–water partition coefficient (Wildman–Crippen LogP) is 8.12. The highest BCUT2D eigenvalue weighted by Gasteiger charge is 2.31. The highest BCUT2D eigenvalue weighted by molar-refractivity contribution is 5.72. The lowest BCUT2D eigenvalue weighted by Gasteiger charge is -2.31. The van der Waals surface area contributed by atoms with E-state index in [1.807, 2.05) is 21.1 Å². The molecule has 0 aromatic carbocycles. The molecular formula is C37H64NO7+. The first-order valence-electron chi connectivity index (χ1n) is 17.2. The highest BCUT2D eigenvalue weighted by atomic mass is 16.6. The molecule has 0 heterocycles. The monoisotopic (exact) mass is 634 g/mol. The minimum atomic E-state index is -0.887. The molecule has 45 heavy (non-hydrogen) atoms. The molecule has 0 spiro atoms. The third kappa shape index (κ3) is 27.3. The van der Waals surface area contributed by atoms with Crippen LogP contribution in [0.3, 0.4) is 0 Å². The van der Waals surface area contributed by atoms with Crippen LogP contribution in [0.4, 0.5) is 0 Å². The van der Waals surface area contributed by atoms with Crippen molar-refractivity contribution in [3.8, 4) is 0 Å². The standard InChI is InChI=1S/C37H63NO7/c1-6-8-10-12-14-16-18-20-21-23-25-27-35(39)44-32-33(31-43-30-29-34(37(41)42)38(3,4)5)45-36(40)28-26-24-22-19-17-15-13-11-9-7-2/h8,10,13-16,20-21,33-34H,6-7,9,11-12,17-19,22-32H2,1-5H3/p+1/b10-8+,15-13+,16-14+,21-20+. The van der Waals surface area contributed by atoms with Gasteiger partial charge in [0.1, 0.15) is 6.61 Å². The Labute approximate surface area is 274 Å². The number of aliphatic carboxylic acids is 1. The summed E-state index contributed by atoms with van der Waals surface area (Å²) in [5.41, 5.74) is 0. The summed E-state index contributed by atoms with van der Waals surface area (Å²) in [5, 5.41) is 9.54. The number of likely N-dealkylation sites (N-methyl/N-ethyl adjacent to an activating group) is 1. The third-order valence-electron chi connectivity index (χ3n) is 7.21. The van der Waals surface area contributed by atoms with Gasteiger partial charge in [-0.15, -0.1) is 0 Å². The van der Waals surface area contributed by atoms with E-state index in [0.29, 0.717) is 19.3 Å². The fourth-order valence-corrected chi connectivity index (χ4v) is 4.50. The largest absolute Gasteiger partial charge is 0.477 e. The van der Waals surface area contributed by atoms with Gasteiger partial charge in [-0.05, 0) is 57.8 Å². The summed E-state index contributed by atoms with van der Waals surface area (Å²) in [6, 6.07) is -0.622. The Balaban J connectivity index is 4.59. The topological polar surface area (TPSA) is 99.1 Å². The fraction of sp³-hybridized carbons (Fsp3) is 0.703. The minimum Gasteiger partial charge on any atom is -0.477 e. The van der Waals surface area contributed by atoms with E-state index in [1.54, 1.807) is 0 Å². The van der Waals surface area contributed by atoms with Gasteiger partial charge in [-0.3, -0.25) is 9.59 Å². The lowest BCUT2D eigenvalue weighted by molar-refractivity contribution is -0.887. The third-order valence-corrected chi connectivity index (χ3v) is 7.21. The van der Waals surface area contributed by atoms with Gasteiger partial charge in [-0.25, -0.2) is 4.79 Å². The van der Waals surface area contributed by atoms with Gasteiger partial charge in [0.05, 0.1) is 34.4 Å². The van der Waals surface area contributed by atoms with Crippen molar-refractivity contribution in [3.05, 3.63) is 48.6 Å². The Hall–Kier alpha value is -2.71. The van der Waals surface area contributed by atoms with Crippen LogP contribution in [-0.2, 0) is 28.6 Å². The number of ether oxygens (including phenoxy) is 3. The van der Waals surface area contributed by atoms with Crippen molar-refractivity contribution in [2.45, 2.75) is 129 Å². The quantitative estimate of drug-likeness (QED) is 0.0384. The molecule has 0 saturated heterocycles. The molecule has 8 heteroatoms. The molecule has 8 nitrogen and oxygen atoms in total. The number of allylic oxidation sites excluding steroid dienone is 8. The Kier molecular flexibility index (Phi) is 27.0. The van der Waals surface area contributed by atoms with Gasteiger partial charge in [-0.1, -0.05) is 88.1 Å². The molecule has 0 amide bonds. The minimum absolute atomic E-state index is 0.0390. The average molecular weight is 635 g/mol. The molecule has 2 unspecified atom stereocenters. The summed E-state index contributed by atoms with van der Waals surface area (Å²) < 4.78 is 17.0. The molecule has 1 N–H and O–H groups in total. The molecule has 0 rings (SSSR count). The molecule has 0 aromatic rings. The number of hydrogen-bond acceptors (Lipinski definition) is 6. The number of rotatable bonds is 29. The Morgan fingerprint density at radius 3 is 1.91 bits per heavy atom. The summed E-state index contributed by atoms with van der Waals surface area (Å²) in [6.07, 6.45) is 30.3. The van der Waals surface area contributed by atoms with Crippen molar-refractivity contribution < 1.29 is 38.2 Å². The van der Waals surface area contributed by atoms with E-state index in [0.717, 1.165) is 64.2 Å². The van der Waals surface area contributed by atoms with Gasteiger partial charge in [0.25, 0.3) is 0 Å². The summed E-state index contributed by atoms with van der Waals surface area (Å²) >= 11 is 0. The first-order chi connectivity index (χ1) is 21.6. The Bertz CT molecular complexity index is 886. The zero-order valence-corrected chi connectivity index (χ0v) is 29.1. The van der Waals surface area contributed by atoms with Crippen molar-refractivity contribution in [3.63, 3.8) is 0 Å². The number of carboxylic acid groups (broad SMARTS) is 1. The van der Waals surface area contributed by atoms with Crippen LogP contribution in [0, 0.1) is 0 Å². The normalized spacial score (nSPS) is 13.7. The van der Waals surface area contributed by atoms with Gasteiger partial charge in [0.15, 0.2) is 12.1 Å². The molecule has 2 atom stereocenters. The second-order valence-electron chi connectivity index (χ2n) is 12.4. The lowest BCUT2D eigenvalue weighted by Crippen LogP contribution is -2.50.